The van der Waals surface area contributed by atoms with Gasteiger partial charge in [-0.15, -0.1) is 18.3 Å². The molecule has 0 spiro atoms. The van der Waals surface area contributed by atoms with Crippen molar-refractivity contribution in [1.82, 2.24) is 0 Å². The maximum absolute atomic E-state index is 13.0. The number of carbonyl (C=O) groups excluding carboxylic acids is 1. The molecule has 0 unspecified atom stereocenters. The van der Waals surface area contributed by atoms with Gasteiger partial charge in [0.05, 0.1) is 5.56 Å². The average Bonchev–Trinajstić information content (AvgIpc) is 2.59. The highest BCUT2D eigenvalue weighted by atomic mass is 32.2. The van der Waals surface area contributed by atoms with E-state index >= 15 is 0 Å². The standard InChI is InChI=1S/C19H19NOS/c1-2-14-22-18-12-6-4-10-16(18)19(21)20-13-7-9-15-8-3-5-11-17(15)20/h2-6,8,10-12H,1,7,9,13-14H2. The fourth-order valence-electron chi connectivity index (χ4n) is 2.81. The molecule has 0 saturated heterocycles. The van der Waals surface area contributed by atoms with E-state index in [2.05, 4.69) is 12.6 Å². The number of anilines is 1. The molecule has 2 aromatic rings. The lowest BCUT2D eigenvalue weighted by molar-refractivity contribution is 0.0982. The third-order valence-electron chi connectivity index (χ3n) is 3.83. The number of amides is 1. The number of thioether (sulfide) groups is 1. The molecule has 3 heteroatoms. The Hall–Kier alpha value is -2.00. The highest BCUT2D eigenvalue weighted by Crippen LogP contribution is 2.30. The molecule has 0 N–H and O–H groups in total. The van der Waals surface area contributed by atoms with Crippen LogP contribution in [-0.2, 0) is 6.42 Å². The van der Waals surface area contributed by atoms with E-state index in [1.165, 1.54) is 5.56 Å². The van der Waals surface area contributed by atoms with E-state index in [-0.39, 0.29) is 5.91 Å². The summed E-state index contributed by atoms with van der Waals surface area (Å²) in [6.45, 7) is 4.54. The Balaban J connectivity index is 1.94. The summed E-state index contributed by atoms with van der Waals surface area (Å²) in [6, 6.07) is 16.1. The number of para-hydroxylation sites is 1. The predicted octanol–water partition coefficient (Wildman–Crippen LogP) is 4.56. The average molecular weight is 309 g/mol. The third kappa shape index (κ3) is 2.95. The van der Waals surface area contributed by atoms with Gasteiger partial charge < -0.3 is 4.90 Å². The summed E-state index contributed by atoms with van der Waals surface area (Å²) in [4.78, 5) is 16.0. The van der Waals surface area contributed by atoms with Crippen LogP contribution in [0.4, 0.5) is 5.69 Å². The van der Waals surface area contributed by atoms with Crippen LogP contribution in [-0.4, -0.2) is 18.2 Å². The monoisotopic (exact) mass is 309 g/mol. The van der Waals surface area contributed by atoms with Gasteiger partial charge in [-0.05, 0) is 36.6 Å². The summed E-state index contributed by atoms with van der Waals surface area (Å²) in [7, 11) is 0. The van der Waals surface area contributed by atoms with Crippen molar-refractivity contribution < 1.29 is 4.79 Å². The van der Waals surface area contributed by atoms with E-state index in [4.69, 9.17) is 0 Å². The zero-order valence-electron chi connectivity index (χ0n) is 12.5. The van der Waals surface area contributed by atoms with Gasteiger partial charge in [0, 0.05) is 22.9 Å². The van der Waals surface area contributed by atoms with Crippen LogP contribution in [0.1, 0.15) is 22.3 Å². The Kier molecular flexibility index (Phi) is 4.64. The Bertz CT molecular complexity index is 695. The minimum atomic E-state index is 0.0966. The SMILES string of the molecule is C=CCSc1ccccc1C(=O)N1CCCc2ccccc21. The fraction of sp³-hybridized carbons (Fsp3) is 0.211. The number of carbonyl (C=O) groups is 1. The molecule has 0 bridgehead atoms. The zero-order chi connectivity index (χ0) is 15.4. The van der Waals surface area contributed by atoms with Crippen molar-refractivity contribution in [1.29, 1.82) is 0 Å². The molecule has 0 saturated carbocycles. The van der Waals surface area contributed by atoms with Crippen LogP contribution in [0.2, 0.25) is 0 Å². The number of aryl methyl sites for hydroxylation is 1. The maximum Gasteiger partial charge on any atom is 0.259 e. The molecule has 2 aromatic carbocycles. The lowest BCUT2D eigenvalue weighted by Gasteiger charge is -2.30. The number of hydrogen-bond acceptors (Lipinski definition) is 2. The first-order valence-electron chi connectivity index (χ1n) is 7.54. The maximum atomic E-state index is 13.0. The molecular weight excluding hydrogens is 290 g/mol. The quantitative estimate of drug-likeness (QED) is 0.609. The summed E-state index contributed by atoms with van der Waals surface area (Å²) in [5, 5.41) is 0. The fourth-order valence-corrected chi connectivity index (χ4v) is 3.59. The topological polar surface area (TPSA) is 20.3 Å². The Morgan fingerprint density at radius 1 is 1.18 bits per heavy atom. The minimum Gasteiger partial charge on any atom is -0.308 e. The molecule has 1 heterocycles. The molecule has 1 aliphatic rings. The van der Waals surface area contributed by atoms with Crippen molar-refractivity contribution in [3.8, 4) is 0 Å². The van der Waals surface area contributed by atoms with Crippen LogP contribution in [0, 0.1) is 0 Å². The number of rotatable bonds is 4. The first-order valence-corrected chi connectivity index (χ1v) is 8.52. The van der Waals surface area contributed by atoms with Crippen LogP contribution in [0.5, 0.6) is 0 Å². The van der Waals surface area contributed by atoms with E-state index < -0.39 is 0 Å². The first kappa shape index (κ1) is 14.9. The number of nitrogens with zero attached hydrogens (tertiary/aromatic N) is 1. The molecule has 0 aliphatic carbocycles. The zero-order valence-corrected chi connectivity index (χ0v) is 13.3. The van der Waals surface area contributed by atoms with Gasteiger partial charge in [-0.25, -0.2) is 0 Å². The van der Waals surface area contributed by atoms with Crippen molar-refractivity contribution in [2.45, 2.75) is 17.7 Å². The lowest BCUT2D eigenvalue weighted by Crippen LogP contribution is -2.35. The molecule has 112 valence electrons. The van der Waals surface area contributed by atoms with Crippen molar-refractivity contribution in [3.05, 3.63) is 72.3 Å². The lowest BCUT2D eigenvalue weighted by atomic mass is 10.0. The second-order valence-corrected chi connectivity index (χ2v) is 6.35. The Morgan fingerprint density at radius 2 is 1.95 bits per heavy atom. The van der Waals surface area contributed by atoms with Crippen LogP contribution in [0.15, 0.2) is 66.1 Å². The molecule has 3 rings (SSSR count). The van der Waals surface area contributed by atoms with Crippen molar-refractivity contribution >= 4 is 23.4 Å². The number of hydrogen-bond donors (Lipinski definition) is 0. The third-order valence-corrected chi connectivity index (χ3v) is 4.90. The van der Waals surface area contributed by atoms with Gasteiger partial charge in [0.15, 0.2) is 0 Å². The molecule has 1 amide bonds. The van der Waals surface area contributed by atoms with Gasteiger partial charge in [0.1, 0.15) is 0 Å². The summed E-state index contributed by atoms with van der Waals surface area (Å²) in [5.74, 6) is 0.903. The van der Waals surface area contributed by atoms with E-state index in [1.54, 1.807) is 11.8 Å². The van der Waals surface area contributed by atoms with Crippen LogP contribution >= 0.6 is 11.8 Å². The van der Waals surface area contributed by atoms with Gasteiger partial charge in [0.25, 0.3) is 5.91 Å². The molecule has 0 radical (unpaired) electrons. The summed E-state index contributed by atoms with van der Waals surface area (Å²) in [6.07, 6.45) is 3.93. The van der Waals surface area contributed by atoms with Gasteiger partial charge in [-0.1, -0.05) is 36.4 Å². The predicted molar refractivity (Wildman–Crippen MR) is 93.8 cm³/mol. The van der Waals surface area contributed by atoms with E-state index in [0.717, 1.165) is 41.3 Å². The van der Waals surface area contributed by atoms with Crippen LogP contribution < -0.4 is 4.90 Å². The summed E-state index contributed by atoms with van der Waals surface area (Å²) in [5.41, 5.74) is 3.10. The van der Waals surface area contributed by atoms with Crippen molar-refractivity contribution in [3.63, 3.8) is 0 Å². The van der Waals surface area contributed by atoms with Gasteiger partial charge in [0.2, 0.25) is 0 Å². The largest absolute Gasteiger partial charge is 0.308 e. The Labute approximate surface area is 135 Å². The van der Waals surface area contributed by atoms with E-state index in [1.807, 2.05) is 53.4 Å². The summed E-state index contributed by atoms with van der Waals surface area (Å²) >= 11 is 1.66. The highest BCUT2D eigenvalue weighted by molar-refractivity contribution is 7.99. The second kappa shape index (κ2) is 6.84. The number of fused-ring (bicyclic) bond motifs is 1. The molecular formula is C19H19NOS. The molecule has 0 atom stereocenters. The van der Waals surface area contributed by atoms with Gasteiger partial charge >= 0.3 is 0 Å². The van der Waals surface area contributed by atoms with Gasteiger partial charge in [-0.2, -0.15) is 0 Å². The molecule has 2 nitrogen and oxygen atoms in total. The van der Waals surface area contributed by atoms with Crippen molar-refractivity contribution in [2.24, 2.45) is 0 Å². The van der Waals surface area contributed by atoms with Crippen LogP contribution in [0.3, 0.4) is 0 Å². The molecule has 1 aliphatic heterocycles. The molecule has 0 fully saturated rings. The number of benzene rings is 2. The van der Waals surface area contributed by atoms with Crippen molar-refractivity contribution in [2.75, 3.05) is 17.2 Å². The highest BCUT2D eigenvalue weighted by Gasteiger charge is 2.24. The first-order chi connectivity index (χ1) is 10.8. The van der Waals surface area contributed by atoms with Gasteiger partial charge in [-0.3, -0.25) is 4.79 Å². The van der Waals surface area contributed by atoms with E-state index in [0.29, 0.717) is 0 Å². The smallest absolute Gasteiger partial charge is 0.259 e. The minimum absolute atomic E-state index is 0.0966. The molecule has 0 aromatic heterocycles. The van der Waals surface area contributed by atoms with Crippen LogP contribution in [0.25, 0.3) is 0 Å². The summed E-state index contributed by atoms with van der Waals surface area (Å²) < 4.78 is 0. The Morgan fingerprint density at radius 3 is 2.82 bits per heavy atom. The van der Waals surface area contributed by atoms with E-state index in [9.17, 15) is 4.79 Å². The molecule has 22 heavy (non-hydrogen) atoms. The normalized spacial score (nSPS) is 13.5. The second-order valence-electron chi connectivity index (χ2n) is 5.28.